The van der Waals surface area contributed by atoms with Crippen LogP contribution in [0.2, 0.25) is 5.02 Å². The minimum Gasteiger partial charge on any atom is -0.495 e. The first-order chi connectivity index (χ1) is 10.3. The van der Waals surface area contributed by atoms with Crippen LogP contribution in [0.15, 0.2) is 18.2 Å². The summed E-state index contributed by atoms with van der Waals surface area (Å²) < 4.78 is 43.4. The van der Waals surface area contributed by atoms with E-state index in [9.17, 15) is 18.0 Å². The van der Waals surface area contributed by atoms with Gasteiger partial charge in [0.15, 0.2) is 0 Å². The molecule has 1 aromatic rings. The van der Waals surface area contributed by atoms with Crippen LogP contribution in [0.4, 0.5) is 23.7 Å². The Balaban J connectivity index is 2.07. The molecular formula is C14H16ClF3N2O2. The van der Waals surface area contributed by atoms with Crippen molar-refractivity contribution in [3.8, 4) is 5.75 Å². The van der Waals surface area contributed by atoms with Crippen molar-refractivity contribution < 1.29 is 22.7 Å². The number of halogens is 4. The van der Waals surface area contributed by atoms with Crippen molar-refractivity contribution in [3.05, 3.63) is 23.2 Å². The van der Waals surface area contributed by atoms with E-state index in [1.54, 1.807) is 12.1 Å². The fourth-order valence-corrected chi connectivity index (χ4v) is 2.57. The van der Waals surface area contributed by atoms with Crippen molar-refractivity contribution in [2.24, 2.45) is 5.92 Å². The van der Waals surface area contributed by atoms with Gasteiger partial charge in [0.1, 0.15) is 5.75 Å². The number of carbonyl (C=O) groups excluding carboxylic acids is 1. The van der Waals surface area contributed by atoms with Crippen molar-refractivity contribution in [1.82, 2.24) is 4.90 Å². The zero-order valence-corrected chi connectivity index (χ0v) is 12.7. The highest BCUT2D eigenvalue weighted by Gasteiger charge is 2.42. The summed E-state index contributed by atoms with van der Waals surface area (Å²) in [5.74, 6) is -1.09. The van der Waals surface area contributed by atoms with Crippen molar-refractivity contribution in [2.75, 3.05) is 25.5 Å². The molecule has 0 radical (unpaired) electrons. The number of methoxy groups -OCH3 is 1. The first kappa shape index (κ1) is 16.7. The monoisotopic (exact) mass is 336 g/mol. The first-order valence-electron chi connectivity index (χ1n) is 6.77. The molecule has 2 rings (SSSR count). The predicted octanol–water partition coefficient (Wildman–Crippen LogP) is 4.15. The SMILES string of the molecule is COc1ccc(Cl)cc1NC(=O)N1CCC[C@@H](C(F)(F)F)C1. The van der Waals surface area contributed by atoms with E-state index in [1.165, 1.54) is 18.1 Å². The number of likely N-dealkylation sites (tertiary alicyclic amines) is 1. The fraction of sp³-hybridized carbons (Fsp3) is 0.500. The van der Waals surface area contributed by atoms with Gasteiger partial charge in [-0.3, -0.25) is 0 Å². The van der Waals surface area contributed by atoms with E-state index < -0.39 is 18.1 Å². The number of amides is 2. The van der Waals surface area contributed by atoms with Crippen LogP contribution in [0.1, 0.15) is 12.8 Å². The normalized spacial score (nSPS) is 19.0. The molecule has 2 amide bonds. The molecule has 0 unspecified atom stereocenters. The van der Waals surface area contributed by atoms with Gasteiger partial charge in [-0.25, -0.2) is 4.79 Å². The molecule has 1 fully saturated rings. The second-order valence-corrected chi connectivity index (χ2v) is 5.54. The summed E-state index contributed by atoms with van der Waals surface area (Å²) in [7, 11) is 1.43. The van der Waals surface area contributed by atoms with Crippen molar-refractivity contribution in [3.63, 3.8) is 0 Å². The Morgan fingerprint density at radius 2 is 2.18 bits per heavy atom. The smallest absolute Gasteiger partial charge is 0.393 e. The molecular weight excluding hydrogens is 321 g/mol. The van der Waals surface area contributed by atoms with Gasteiger partial charge in [-0.15, -0.1) is 0 Å². The van der Waals surface area contributed by atoms with Crippen LogP contribution in [0, 0.1) is 5.92 Å². The Morgan fingerprint density at radius 1 is 1.45 bits per heavy atom. The summed E-state index contributed by atoms with van der Waals surface area (Å²) >= 11 is 5.86. The zero-order valence-electron chi connectivity index (χ0n) is 11.9. The Labute approximate surface area is 131 Å². The molecule has 1 aliphatic heterocycles. The van der Waals surface area contributed by atoms with Gasteiger partial charge in [-0.05, 0) is 31.0 Å². The minimum absolute atomic E-state index is 0.0494. The van der Waals surface area contributed by atoms with Crippen molar-refractivity contribution in [2.45, 2.75) is 19.0 Å². The third kappa shape index (κ3) is 3.97. The van der Waals surface area contributed by atoms with E-state index in [0.717, 1.165) is 0 Å². The van der Waals surface area contributed by atoms with E-state index in [4.69, 9.17) is 16.3 Å². The number of rotatable bonds is 2. The molecule has 1 atom stereocenters. The Bertz CT molecular complexity index is 551. The van der Waals surface area contributed by atoms with Crippen LogP contribution in [-0.4, -0.2) is 37.3 Å². The Kier molecular flexibility index (Phi) is 5.05. The molecule has 0 spiro atoms. The number of carbonyl (C=O) groups is 1. The van der Waals surface area contributed by atoms with Gasteiger partial charge in [0, 0.05) is 18.1 Å². The lowest BCUT2D eigenvalue weighted by atomic mass is 9.98. The number of hydrogen-bond acceptors (Lipinski definition) is 2. The highest BCUT2D eigenvalue weighted by molar-refractivity contribution is 6.31. The quantitative estimate of drug-likeness (QED) is 0.881. The van der Waals surface area contributed by atoms with E-state index >= 15 is 0 Å². The molecule has 22 heavy (non-hydrogen) atoms. The number of ether oxygens (including phenoxy) is 1. The third-order valence-corrected chi connectivity index (χ3v) is 3.81. The average molecular weight is 337 g/mol. The zero-order chi connectivity index (χ0) is 16.3. The van der Waals surface area contributed by atoms with E-state index in [0.29, 0.717) is 29.4 Å². The Morgan fingerprint density at radius 3 is 2.82 bits per heavy atom. The lowest BCUT2D eigenvalue weighted by Crippen LogP contribution is -2.46. The van der Waals surface area contributed by atoms with E-state index in [-0.39, 0.29) is 13.0 Å². The molecule has 1 saturated heterocycles. The number of alkyl halides is 3. The van der Waals surface area contributed by atoms with Crippen molar-refractivity contribution in [1.29, 1.82) is 0 Å². The van der Waals surface area contributed by atoms with Gasteiger partial charge in [-0.1, -0.05) is 11.6 Å². The highest BCUT2D eigenvalue weighted by Crippen LogP contribution is 2.34. The van der Waals surface area contributed by atoms with Crippen LogP contribution in [-0.2, 0) is 0 Å². The molecule has 0 bridgehead atoms. The number of nitrogens with one attached hydrogen (secondary N) is 1. The van der Waals surface area contributed by atoms with Gasteiger partial charge in [-0.2, -0.15) is 13.2 Å². The van der Waals surface area contributed by atoms with Gasteiger partial charge in [0.05, 0.1) is 18.7 Å². The molecule has 1 aliphatic rings. The number of hydrogen-bond donors (Lipinski definition) is 1. The minimum atomic E-state index is -4.29. The number of urea groups is 1. The molecule has 4 nitrogen and oxygen atoms in total. The highest BCUT2D eigenvalue weighted by atomic mass is 35.5. The van der Waals surface area contributed by atoms with Crippen LogP contribution in [0.3, 0.4) is 0 Å². The lowest BCUT2D eigenvalue weighted by molar-refractivity contribution is -0.183. The molecule has 1 aromatic carbocycles. The summed E-state index contributed by atoms with van der Waals surface area (Å²) in [5.41, 5.74) is 0.328. The van der Waals surface area contributed by atoms with Gasteiger partial charge in [0.25, 0.3) is 0 Å². The Hall–Kier alpha value is -1.63. The fourth-order valence-electron chi connectivity index (χ4n) is 2.40. The third-order valence-electron chi connectivity index (χ3n) is 3.57. The maximum atomic E-state index is 12.8. The summed E-state index contributed by atoms with van der Waals surface area (Å²) in [6.07, 6.45) is -3.91. The van der Waals surface area contributed by atoms with Crippen LogP contribution in [0.5, 0.6) is 5.75 Å². The summed E-state index contributed by atoms with van der Waals surface area (Å²) in [6, 6.07) is 4.07. The topological polar surface area (TPSA) is 41.6 Å². The molecule has 8 heteroatoms. The molecule has 1 N–H and O–H groups in total. The standard InChI is InChI=1S/C14H16ClF3N2O2/c1-22-12-5-4-10(15)7-11(12)19-13(21)20-6-2-3-9(8-20)14(16,17)18/h4-5,7,9H,2-3,6,8H2,1H3,(H,19,21)/t9-/m1/s1. The second-order valence-electron chi connectivity index (χ2n) is 5.10. The summed E-state index contributed by atoms with van der Waals surface area (Å²) in [5, 5.41) is 2.95. The van der Waals surface area contributed by atoms with E-state index in [1.807, 2.05) is 0 Å². The first-order valence-corrected chi connectivity index (χ1v) is 7.15. The predicted molar refractivity (Wildman–Crippen MR) is 77.4 cm³/mol. The van der Waals surface area contributed by atoms with Gasteiger partial charge < -0.3 is 15.0 Å². The molecule has 0 aromatic heterocycles. The molecule has 122 valence electrons. The summed E-state index contributed by atoms with van der Waals surface area (Å²) in [6.45, 7) is -0.0422. The van der Waals surface area contributed by atoms with Gasteiger partial charge >= 0.3 is 12.2 Å². The molecule has 0 saturated carbocycles. The van der Waals surface area contributed by atoms with Crippen LogP contribution in [0.25, 0.3) is 0 Å². The number of piperidine rings is 1. The van der Waals surface area contributed by atoms with Crippen molar-refractivity contribution >= 4 is 23.3 Å². The average Bonchev–Trinajstić information content (AvgIpc) is 2.47. The molecule has 0 aliphatic carbocycles. The second kappa shape index (κ2) is 6.64. The number of nitrogens with zero attached hydrogens (tertiary/aromatic N) is 1. The summed E-state index contributed by atoms with van der Waals surface area (Å²) in [4.78, 5) is 13.3. The number of benzene rings is 1. The molecule has 1 heterocycles. The van der Waals surface area contributed by atoms with Gasteiger partial charge in [0.2, 0.25) is 0 Å². The maximum absolute atomic E-state index is 12.8. The largest absolute Gasteiger partial charge is 0.495 e. The number of anilines is 1. The van der Waals surface area contributed by atoms with E-state index in [2.05, 4.69) is 5.32 Å². The van der Waals surface area contributed by atoms with Crippen LogP contribution < -0.4 is 10.1 Å². The maximum Gasteiger partial charge on any atom is 0.393 e. The lowest BCUT2D eigenvalue weighted by Gasteiger charge is -2.33. The van der Waals surface area contributed by atoms with Crippen LogP contribution >= 0.6 is 11.6 Å².